The van der Waals surface area contributed by atoms with Crippen molar-refractivity contribution in [2.75, 3.05) is 19.8 Å². The molecule has 5 heteroatoms. The first-order valence-electron chi connectivity index (χ1n) is 8.38. The van der Waals surface area contributed by atoms with Gasteiger partial charge in [0.1, 0.15) is 0 Å². The van der Waals surface area contributed by atoms with Crippen LogP contribution in [-0.4, -0.2) is 37.7 Å². The molecule has 2 heterocycles. The summed E-state index contributed by atoms with van der Waals surface area (Å²) in [6.45, 7) is 4.48. The van der Waals surface area contributed by atoms with E-state index in [1.807, 2.05) is 18.2 Å². The largest absolute Gasteiger partial charge is 0.381 e. The number of nitrogens with one attached hydrogen (secondary N) is 2. The van der Waals surface area contributed by atoms with E-state index in [4.69, 9.17) is 4.74 Å². The van der Waals surface area contributed by atoms with E-state index < -0.39 is 5.41 Å². The van der Waals surface area contributed by atoms with Gasteiger partial charge in [0.15, 0.2) is 0 Å². The Morgan fingerprint density at radius 2 is 1.96 bits per heavy atom. The summed E-state index contributed by atoms with van der Waals surface area (Å²) in [7, 11) is 0. The van der Waals surface area contributed by atoms with Crippen LogP contribution >= 0.6 is 12.4 Å². The highest BCUT2D eigenvalue weighted by atomic mass is 35.5. The topological polar surface area (TPSA) is 50.4 Å². The Labute approximate surface area is 144 Å². The Kier molecular flexibility index (Phi) is 6.45. The van der Waals surface area contributed by atoms with Gasteiger partial charge in [0.2, 0.25) is 5.91 Å². The summed E-state index contributed by atoms with van der Waals surface area (Å²) in [5, 5.41) is 6.76. The fourth-order valence-electron chi connectivity index (χ4n) is 3.71. The van der Waals surface area contributed by atoms with Gasteiger partial charge in [0.25, 0.3) is 0 Å². The van der Waals surface area contributed by atoms with Gasteiger partial charge >= 0.3 is 0 Å². The number of benzene rings is 1. The summed E-state index contributed by atoms with van der Waals surface area (Å²) in [5.74, 6) is 0.182. The standard InChI is InChI=1S/C18H26N2O2.ClH/c1-14-13-16(7-10-19-14)20-17(21)18(8-11-22-12-9-18)15-5-3-2-4-6-15;/h2-6,14,16,19H,7-13H2,1H3,(H,20,21);1H. The molecule has 1 aromatic rings. The van der Waals surface area contributed by atoms with Crippen molar-refractivity contribution in [2.24, 2.45) is 0 Å². The molecule has 1 amide bonds. The Morgan fingerprint density at radius 3 is 2.61 bits per heavy atom. The van der Waals surface area contributed by atoms with Crippen molar-refractivity contribution in [3.05, 3.63) is 35.9 Å². The van der Waals surface area contributed by atoms with E-state index in [1.165, 1.54) is 0 Å². The van der Waals surface area contributed by atoms with Gasteiger partial charge in [-0.2, -0.15) is 0 Å². The second-order valence-electron chi connectivity index (χ2n) is 6.61. The molecule has 128 valence electrons. The number of ether oxygens (including phenoxy) is 1. The van der Waals surface area contributed by atoms with Crippen LogP contribution in [0.2, 0.25) is 0 Å². The number of hydrogen-bond donors (Lipinski definition) is 2. The maximum atomic E-state index is 13.1. The second-order valence-corrected chi connectivity index (χ2v) is 6.61. The highest BCUT2D eigenvalue weighted by Crippen LogP contribution is 2.35. The molecule has 0 aromatic heterocycles. The highest BCUT2D eigenvalue weighted by Gasteiger charge is 2.42. The first-order chi connectivity index (χ1) is 10.7. The van der Waals surface area contributed by atoms with Gasteiger partial charge < -0.3 is 15.4 Å². The molecule has 1 aromatic carbocycles. The molecule has 0 spiro atoms. The molecule has 2 atom stereocenters. The third-order valence-corrected chi connectivity index (χ3v) is 5.07. The van der Waals surface area contributed by atoms with Gasteiger partial charge in [-0.3, -0.25) is 4.79 Å². The molecule has 2 saturated heterocycles. The van der Waals surface area contributed by atoms with E-state index in [0.717, 1.165) is 37.8 Å². The average Bonchev–Trinajstić information content (AvgIpc) is 2.56. The van der Waals surface area contributed by atoms with Crippen LogP contribution in [0, 0.1) is 0 Å². The minimum Gasteiger partial charge on any atom is -0.381 e. The van der Waals surface area contributed by atoms with Gasteiger partial charge in [-0.25, -0.2) is 0 Å². The first-order valence-corrected chi connectivity index (χ1v) is 8.38. The molecular weight excluding hydrogens is 312 g/mol. The molecule has 0 saturated carbocycles. The summed E-state index contributed by atoms with van der Waals surface area (Å²) >= 11 is 0. The summed E-state index contributed by atoms with van der Waals surface area (Å²) in [4.78, 5) is 13.1. The van der Waals surface area contributed by atoms with Crippen molar-refractivity contribution >= 4 is 18.3 Å². The molecule has 4 nitrogen and oxygen atoms in total. The number of halogens is 1. The van der Waals surface area contributed by atoms with E-state index in [-0.39, 0.29) is 24.4 Å². The fourth-order valence-corrected chi connectivity index (χ4v) is 3.71. The minimum atomic E-state index is -0.423. The van der Waals surface area contributed by atoms with Crippen LogP contribution in [0.3, 0.4) is 0 Å². The van der Waals surface area contributed by atoms with Crippen molar-refractivity contribution < 1.29 is 9.53 Å². The minimum absolute atomic E-state index is 0. The predicted molar refractivity (Wildman–Crippen MR) is 94.1 cm³/mol. The maximum Gasteiger partial charge on any atom is 0.231 e. The maximum absolute atomic E-state index is 13.1. The van der Waals surface area contributed by atoms with Gasteiger partial charge in [0.05, 0.1) is 5.41 Å². The third-order valence-electron chi connectivity index (χ3n) is 5.07. The zero-order chi connectivity index (χ0) is 15.4. The zero-order valence-corrected chi connectivity index (χ0v) is 14.5. The van der Waals surface area contributed by atoms with Crippen LogP contribution in [0.25, 0.3) is 0 Å². The van der Waals surface area contributed by atoms with E-state index in [9.17, 15) is 4.79 Å². The van der Waals surface area contributed by atoms with E-state index in [2.05, 4.69) is 29.7 Å². The van der Waals surface area contributed by atoms with Crippen molar-refractivity contribution in [3.8, 4) is 0 Å². The lowest BCUT2D eigenvalue weighted by molar-refractivity contribution is -0.131. The highest BCUT2D eigenvalue weighted by molar-refractivity contribution is 5.88. The van der Waals surface area contributed by atoms with Gasteiger partial charge in [-0.15, -0.1) is 12.4 Å². The quantitative estimate of drug-likeness (QED) is 0.890. The molecular formula is C18H27ClN2O2. The van der Waals surface area contributed by atoms with E-state index in [0.29, 0.717) is 19.3 Å². The van der Waals surface area contributed by atoms with Crippen LogP contribution in [0.4, 0.5) is 0 Å². The summed E-state index contributed by atoms with van der Waals surface area (Å²) in [5.41, 5.74) is 0.700. The monoisotopic (exact) mass is 338 g/mol. The SMILES string of the molecule is CC1CC(NC(=O)C2(c3ccccc3)CCOCC2)CCN1.Cl. The van der Waals surface area contributed by atoms with Crippen LogP contribution in [0.5, 0.6) is 0 Å². The van der Waals surface area contributed by atoms with Crippen LogP contribution in [0.1, 0.15) is 38.2 Å². The molecule has 23 heavy (non-hydrogen) atoms. The van der Waals surface area contributed by atoms with Gasteiger partial charge in [-0.05, 0) is 44.7 Å². The Hall–Kier alpha value is -1.10. The second kappa shape index (κ2) is 8.13. The predicted octanol–water partition coefficient (Wildman–Crippen LogP) is 2.41. The Balaban J connectivity index is 0.00000192. The fraction of sp³-hybridized carbons (Fsp3) is 0.611. The number of rotatable bonds is 3. The Bertz CT molecular complexity index is 503. The molecule has 0 aliphatic carbocycles. The number of amides is 1. The molecule has 2 N–H and O–H groups in total. The molecule has 2 aliphatic rings. The van der Waals surface area contributed by atoms with Crippen molar-refractivity contribution in [3.63, 3.8) is 0 Å². The lowest BCUT2D eigenvalue weighted by Crippen LogP contribution is -2.54. The van der Waals surface area contributed by atoms with Crippen LogP contribution in [-0.2, 0) is 14.9 Å². The van der Waals surface area contributed by atoms with E-state index >= 15 is 0 Å². The first kappa shape index (κ1) is 18.2. The molecule has 2 unspecified atom stereocenters. The molecule has 0 bridgehead atoms. The van der Waals surface area contributed by atoms with Crippen LogP contribution in [0.15, 0.2) is 30.3 Å². The number of hydrogen-bond acceptors (Lipinski definition) is 3. The molecule has 3 rings (SSSR count). The summed E-state index contributed by atoms with van der Waals surface area (Å²) < 4.78 is 5.51. The van der Waals surface area contributed by atoms with Crippen molar-refractivity contribution in [1.29, 1.82) is 0 Å². The zero-order valence-electron chi connectivity index (χ0n) is 13.7. The lowest BCUT2D eigenvalue weighted by atomic mass is 9.73. The van der Waals surface area contributed by atoms with Crippen molar-refractivity contribution in [2.45, 2.75) is 50.1 Å². The molecule has 2 fully saturated rings. The normalized spacial score (nSPS) is 26.8. The smallest absolute Gasteiger partial charge is 0.231 e. The number of carbonyl (C=O) groups is 1. The van der Waals surface area contributed by atoms with Crippen molar-refractivity contribution in [1.82, 2.24) is 10.6 Å². The number of carbonyl (C=O) groups excluding carboxylic acids is 1. The summed E-state index contributed by atoms with van der Waals surface area (Å²) in [6.07, 6.45) is 3.55. The van der Waals surface area contributed by atoms with E-state index in [1.54, 1.807) is 0 Å². The Morgan fingerprint density at radius 1 is 1.26 bits per heavy atom. The molecule has 2 aliphatic heterocycles. The van der Waals surface area contributed by atoms with Crippen LogP contribution < -0.4 is 10.6 Å². The average molecular weight is 339 g/mol. The van der Waals surface area contributed by atoms with Gasteiger partial charge in [-0.1, -0.05) is 30.3 Å². The number of piperidine rings is 1. The van der Waals surface area contributed by atoms with Gasteiger partial charge in [0, 0.05) is 25.3 Å². The third kappa shape index (κ3) is 4.06. The summed E-state index contributed by atoms with van der Waals surface area (Å²) in [6, 6.07) is 11.0. The lowest BCUT2D eigenvalue weighted by Gasteiger charge is -2.38. The molecule has 0 radical (unpaired) electrons.